The van der Waals surface area contributed by atoms with Crippen LogP contribution in [0.4, 0.5) is 5.95 Å². The van der Waals surface area contributed by atoms with Crippen LogP contribution in [0.25, 0.3) is 17.1 Å². The maximum Gasteiger partial charge on any atom is 0.335 e. The molecule has 0 aliphatic heterocycles. The summed E-state index contributed by atoms with van der Waals surface area (Å²) in [5, 5.41) is 3.49. The average molecular weight is 422 g/mol. The molecule has 2 heterocycles. The molecule has 3 aromatic rings. The minimum Gasteiger partial charge on any atom is -0.361 e. The summed E-state index contributed by atoms with van der Waals surface area (Å²) in [7, 11) is 0. The summed E-state index contributed by atoms with van der Waals surface area (Å²) in [6.07, 6.45) is 8.28. The summed E-state index contributed by atoms with van der Waals surface area (Å²) >= 11 is 0. The Kier molecular flexibility index (Phi) is 6.51. The van der Waals surface area contributed by atoms with Gasteiger partial charge in [0.25, 0.3) is 0 Å². The minimum absolute atomic E-state index is 0.150. The predicted molar refractivity (Wildman–Crippen MR) is 122 cm³/mol. The van der Waals surface area contributed by atoms with Gasteiger partial charge in [0.05, 0.1) is 17.1 Å². The van der Waals surface area contributed by atoms with Gasteiger partial charge in [0.1, 0.15) is 6.73 Å². The van der Waals surface area contributed by atoms with Crippen LogP contribution < -0.4 is 11.0 Å². The molecule has 1 N–H and O–H groups in total. The Labute approximate surface area is 183 Å². The zero-order chi connectivity index (χ0) is 21.8. The van der Waals surface area contributed by atoms with E-state index in [0.29, 0.717) is 24.3 Å². The van der Waals surface area contributed by atoms with E-state index >= 15 is 0 Å². The summed E-state index contributed by atoms with van der Waals surface area (Å²) in [6.45, 7) is 6.99. The summed E-state index contributed by atoms with van der Waals surface area (Å²) in [6, 6.07) is 10.2. The van der Waals surface area contributed by atoms with E-state index in [9.17, 15) is 4.79 Å². The first kappa shape index (κ1) is 21.3. The number of nitrogens with zero attached hydrogens (tertiary/aromatic N) is 4. The fourth-order valence-electron chi connectivity index (χ4n) is 4.13. The monoisotopic (exact) mass is 421 g/mol. The molecule has 164 valence electrons. The van der Waals surface area contributed by atoms with E-state index in [1.54, 1.807) is 15.3 Å². The number of anilines is 1. The van der Waals surface area contributed by atoms with Crippen molar-refractivity contribution in [3.05, 3.63) is 58.8 Å². The molecule has 0 saturated heterocycles. The van der Waals surface area contributed by atoms with Gasteiger partial charge in [-0.25, -0.2) is 14.8 Å². The lowest BCUT2D eigenvalue weighted by Crippen LogP contribution is -2.26. The standard InChI is InChI=1S/C24H31N5O2/c1-4-31-16-28-15-22(29(24(28)30)20-7-5-6-18(3)14-20)21-12-13-25-23(27-21)26-19-10-8-17(2)9-11-19/h5-7,12-15,17,19H,4,8-11,16H2,1-3H3,(H,25,26,27). The molecule has 0 atom stereocenters. The Bertz CT molecular complexity index is 1080. The molecule has 7 heteroatoms. The van der Waals surface area contributed by atoms with Gasteiger partial charge < -0.3 is 10.1 Å². The molecular weight excluding hydrogens is 390 g/mol. The summed E-state index contributed by atoms with van der Waals surface area (Å²) in [4.78, 5) is 22.4. The van der Waals surface area contributed by atoms with Crippen LogP contribution in [0.3, 0.4) is 0 Å². The third kappa shape index (κ3) is 4.88. The van der Waals surface area contributed by atoms with Crippen molar-refractivity contribution in [1.82, 2.24) is 19.1 Å². The molecule has 1 saturated carbocycles. The quantitative estimate of drug-likeness (QED) is 0.612. The Morgan fingerprint density at radius 2 is 2.00 bits per heavy atom. The lowest BCUT2D eigenvalue weighted by Gasteiger charge is -2.26. The van der Waals surface area contributed by atoms with Gasteiger partial charge in [-0.1, -0.05) is 19.1 Å². The number of imidazole rings is 1. The van der Waals surface area contributed by atoms with Crippen LogP contribution in [-0.4, -0.2) is 31.8 Å². The van der Waals surface area contributed by atoms with Gasteiger partial charge in [-0.2, -0.15) is 0 Å². The molecule has 1 aromatic carbocycles. The SMILES string of the molecule is CCOCn1cc(-c2ccnc(NC3CCC(C)CC3)n2)n(-c2cccc(C)c2)c1=O. The van der Waals surface area contributed by atoms with Gasteiger partial charge >= 0.3 is 5.69 Å². The molecule has 2 aromatic heterocycles. The van der Waals surface area contributed by atoms with E-state index < -0.39 is 0 Å². The van der Waals surface area contributed by atoms with Crippen molar-refractivity contribution in [2.45, 2.75) is 59.2 Å². The molecule has 1 aliphatic rings. The van der Waals surface area contributed by atoms with E-state index in [4.69, 9.17) is 9.72 Å². The Morgan fingerprint density at radius 1 is 1.19 bits per heavy atom. The van der Waals surface area contributed by atoms with E-state index in [-0.39, 0.29) is 12.4 Å². The number of rotatable bonds is 7. The topological polar surface area (TPSA) is 74.0 Å². The minimum atomic E-state index is -0.150. The zero-order valence-electron chi connectivity index (χ0n) is 18.5. The summed E-state index contributed by atoms with van der Waals surface area (Å²) < 4.78 is 8.78. The van der Waals surface area contributed by atoms with Crippen LogP contribution in [0.5, 0.6) is 0 Å². The maximum atomic E-state index is 13.2. The Morgan fingerprint density at radius 3 is 2.74 bits per heavy atom. The Balaban J connectivity index is 1.70. The first-order valence-corrected chi connectivity index (χ1v) is 11.1. The highest BCUT2D eigenvalue weighted by molar-refractivity contribution is 5.59. The molecule has 0 unspecified atom stereocenters. The lowest BCUT2D eigenvalue weighted by molar-refractivity contribution is 0.0854. The molecule has 0 bridgehead atoms. The van der Waals surface area contributed by atoms with Crippen LogP contribution in [0.1, 0.15) is 45.1 Å². The third-order valence-electron chi connectivity index (χ3n) is 5.92. The molecule has 7 nitrogen and oxygen atoms in total. The van der Waals surface area contributed by atoms with E-state index in [0.717, 1.165) is 35.7 Å². The van der Waals surface area contributed by atoms with Crippen LogP contribution >= 0.6 is 0 Å². The predicted octanol–water partition coefficient (Wildman–Crippen LogP) is 4.39. The number of nitrogens with one attached hydrogen (secondary N) is 1. The van der Waals surface area contributed by atoms with Crippen molar-refractivity contribution in [1.29, 1.82) is 0 Å². The number of hydrogen-bond acceptors (Lipinski definition) is 5. The second-order valence-corrected chi connectivity index (χ2v) is 8.43. The summed E-state index contributed by atoms with van der Waals surface area (Å²) in [5.74, 6) is 1.40. The van der Waals surface area contributed by atoms with E-state index in [1.165, 1.54) is 12.8 Å². The highest BCUT2D eigenvalue weighted by Crippen LogP contribution is 2.26. The van der Waals surface area contributed by atoms with Crippen molar-refractivity contribution in [2.75, 3.05) is 11.9 Å². The highest BCUT2D eigenvalue weighted by atomic mass is 16.5. The number of ether oxygens (including phenoxy) is 1. The maximum absolute atomic E-state index is 13.2. The number of benzene rings is 1. The van der Waals surface area contributed by atoms with Crippen LogP contribution in [-0.2, 0) is 11.5 Å². The molecule has 1 fully saturated rings. The number of hydrogen-bond donors (Lipinski definition) is 1. The smallest absolute Gasteiger partial charge is 0.335 e. The van der Waals surface area contributed by atoms with Crippen LogP contribution in [0, 0.1) is 12.8 Å². The molecule has 31 heavy (non-hydrogen) atoms. The average Bonchev–Trinajstić information content (AvgIpc) is 3.10. The summed E-state index contributed by atoms with van der Waals surface area (Å²) in [5.41, 5.74) is 3.17. The molecule has 4 rings (SSSR count). The van der Waals surface area contributed by atoms with Gasteiger partial charge in [0.15, 0.2) is 0 Å². The highest BCUT2D eigenvalue weighted by Gasteiger charge is 2.20. The fraction of sp³-hybridized carbons (Fsp3) is 0.458. The van der Waals surface area contributed by atoms with Crippen molar-refractivity contribution in [3.63, 3.8) is 0 Å². The van der Waals surface area contributed by atoms with Gasteiger partial charge in [-0.05, 0) is 69.2 Å². The van der Waals surface area contributed by atoms with Gasteiger partial charge in [0.2, 0.25) is 5.95 Å². The van der Waals surface area contributed by atoms with Gasteiger partial charge in [-0.3, -0.25) is 9.13 Å². The molecule has 0 radical (unpaired) electrons. The van der Waals surface area contributed by atoms with E-state index in [1.807, 2.05) is 50.4 Å². The van der Waals surface area contributed by atoms with Gasteiger partial charge in [0, 0.05) is 25.0 Å². The second-order valence-electron chi connectivity index (χ2n) is 8.43. The van der Waals surface area contributed by atoms with Crippen LogP contribution in [0.2, 0.25) is 0 Å². The number of aryl methyl sites for hydroxylation is 1. The van der Waals surface area contributed by atoms with E-state index in [2.05, 4.69) is 17.2 Å². The third-order valence-corrected chi connectivity index (χ3v) is 5.92. The first-order valence-electron chi connectivity index (χ1n) is 11.1. The van der Waals surface area contributed by atoms with Crippen molar-refractivity contribution in [2.24, 2.45) is 5.92 Å². The van der Waals surface area contributed by atoms with Gasteiger partial charge in [-0.15, -0.1) is 0 Å². The number of aromatic nitrogens is 4. The fourth-order valence-corrected chi connectivity index (χ4v) is 4.13. The molecule has 0 amide bonds. The Hall–Kier alpha value is -2.93. The van der Waals surface area contributed by atoms with Crippen molar-refractivity contribution in [3.8, 4) is 17.1 Å². The lowest BCUT2D eigenvalue weighted by atomic mass is 9.87. The molecule has 1 aliphatic carbocycles. The molecule has 0 spiro atoms. The zero-order valence-corrected chi connectivity index (χ0v) is 18.5. The normalized spacial score (nSPS) is 18.8. The second kappa shape index (κ2) is 9.47. The first-order chi connectivity index (χ1) is 15.0. The van der Waals surface area contributed by atoms with Crippen molar-refractivity contribution < 1.29 is 4.74 Å². The largest absolute Gasteiger partial charge is 0.361 e. The van der Waals surface area contributed by atoms with Crippen LogP contribution in [0.15, 0.2) is 47.5 Å². The van der Waals surface area contributed by atoms with Crippen molar-refractivity contribution >= 4 is 5.95 Å². The molecular formula is C24H31N5O2.